The summed E-state index contributed by atoms with van der Waals surface area (Å²) in [6.07, 6.45) is 1.36. The van der Waals surface area contributed by atoms with Crippen LogP contribution in [0.2, 0.25) is 0 Å². The first kappa shape index (κ1) is 23.1. The van der Waals surface area contributed by atoms with Gasteiger partial charge in [0.05, 0.1) is 22.2 Å². The minimum atomic E-state index is -4.52. The number of nitrogens with zero attached hydrogens (tertiary/aromatic N) is 2. The smallest absolute Gasteiger partial charge is 0.419 e. The molecule has 5 nitrogen and oxygen atoms in total. The van der Waals surface area contributed by atoms with Crippen LogP contribution in [0, 0.1) is 6.92 Å². The van der Waals surface area contributed by atoms with Crippen molar-refractivity contribution in [3.63, 3.8) is 0 Å². The van der Waals surface area contributed by atoms with E-state index in [0.717, 1.165) is 6.07 Å². The number of sulfone groups is 1. The highest BCUT2D eigenvalue weighted by atomic mass is 32.2. The molecule has 0 fully saturated rings. The van der Waals surface area contributed by atoms with E-state index in [9.17, 15) is 21.6 Å². The predicted octanol–water partition coefficient (Wildman–Crippen LogP) is 6.09. The lowest BCUT2D eigenvalue weighted by Gasteiger charge is -2.17. The summed E-state index contributed by atoms with van der Waals surface area (Å²) >= 11 is 0. The fraction of sp³-hybridized carbons (Fsp3) is 0.292. The average molecular weight is 477 g/mol. The molecule has 0 amide bonds. The number of aryl methyl sites for hydroxylation is 1. The van der Waals surface area contributed by atoms with E-state index in [-0.39, 0.29) is 5.65 Å². The van der Waals surface area contributed by atoms with Gasteiger partial charge in [-0.15, -0.1) is 0 Å². The highest BCUT2D eigenvalue weighted by Crippen LogP contribution is 2.36. The Kier molecular flexibility index (Phi) is 5.86. The second-order valence-electron chi connectivity index (χ2n) is 8.14. The highest BCUT2D eigenvalue weighted by Gasteiger charge is 2.34. The molecule has 0 atom stereocenters. The van der Waals surface area contributed by atoms with Gasteiger partial charge in [0.2, 0.25) is 0 Å². The molecule has 0 spiro atoms. The summed E-state index contributed by atoms with van der Waals surface area (Å²) in [4.78, 5) is 4.51. The zero-order valence-corrected chi connectivity index (χ0v) is 19.2. The number of halogens is 3. The Hall–Kier alpha value is -3.07. The number of aromatic nitrogens is 2. The molecule has 0 radical (unpaired) electrons. The van der Waals surface area contributed by atoms with Gasteiger partial charge in [0.25, 0.3) is 0 Å². The molecule has 1 aliphatic carbocycles. The van der Waals surface area contributed by atoms with Crippen LogP contribution in [0.4, 0.5) is 13.2 Å². The Balaban J connectivity index is 1.70. The first-order valence-electron chi connectivity index (χ1n) is 10.5. The number of alkyl halides is 3. The summed E-state index contributed by atoms with van der Waals surface area (Å²) in [7, 11) is -3.38. The zero-order valence-electron chi connectivity index (χ0n) is 18.3. The third-order valence-electron chi connectivity index (χ3n) is 5.50. The number of fused-ring (bicyclic) bond motifs is 1. The number of benzene rings is 1. The number of ether oxygens (including phenoxy) is 1. The molecule has 0 saturated carbocycles. The van der Waals surface area contributed by atoms with E-state index < -0.39 is 26.8 Å². The number of allylic oxidation sites excluding steroid dienone is 3. The molecule has 0 N–H and O–H groups in total. The van der Waals surface area contributed by atoms with E-state index >= 15 is 0 Å². The molecule has 2 heterocycles. The Labute approximate surface area is 190 Å². The largest absolute Gasteiger partial charge is 0.458 e. The maximum atomic E-state index is 13.4. The van der Waals surface area contributed by atoms with Crippen LogP contribution in [-0.2, 0) is 16.0 Å². The molecule has 9 heteroatoms. The maximum Gasteiger partial charge on any atom is 0.419 e. The predicted molar refractivity (Wildman–Crippen MR) is 120 cm³/mol. The van der Waals surface area contributed by atoms with Crippen molar-refractivity contribution in [1.82, 2.24) is 9.38 Å². The van der Waals surface area contributed by atoms with E-state index in [1.165, 1.54) is 10.5 Å². The summed E-state index contributed by atoms with van der Waals surface area (Å²) in [5, 5.41) is -0.522. The molecule has 1 aromatic carbocycles. The van der Waals surface area contributed by atoms with Crippen LogP contribution in [0.15, 0.2) is 65.4 Å². The van der Waals surface area contributed by atoms with Crippen LogP contribution < -0.4 is 4.74 Å². The molecular weight excluding hydrogens is 453 g/mol. The van der Waals surface area contributed by atoms with E-state index in [1.54, 1.807) is 57.3 Å². The summed E-state index contributed by atoms with van der Waals surface area (Å²) in [6.45, 7) is 4.94. The summed E-state index contributed by atoms with van der Waals surface area (Å²) < 4.78 is 72.7. The number of rotatable bonds is 5. The van der Waals surface area contributed by atoms with Gasteiger partial charge in [-0.3, -0.25) is 4.40 Å². The van der Waals surface area contributed by atoms with Crippen LogP contribution in [-0.4, -0.2) is 23.1 Å². The molecule has 0 aliphatic heterocycles. The molecule has 0 unspecified atom stereocenters. The number of imidazole rings is 1. The number of hydrogen-bond donors (Lipinski definition) is 0. The van der Waals surface area contributed by atoms with Gasteiger partial charge in [-0.25, -0.2) is 13.4 Å². The van der Waals surface area contributed by atoms with E-state index in [1.807, 2.05) is 6.08 Å². The van der Waals surface area contributed by atoms with E-state index in [0.29, 0.717) is 46.2 Å². The molecular formula is C24H23F3N2O3S. The standard InChI is InChI=1S/C24H23F3N2O3S/c1-15(2)33(30,31)20-10-5-9-19(14-20)32-18-8-4-7-17(13-18)22-16(3)28-23-21(24(25,26)27)11-6-12-29(22)23/h4,6-9,11-15H,5,10H2,1-3H3. The Morgan fingerprint density at radius 1 is 1.15 bits per heavy atom. The average Bonchev–Trinajstić information content (AvgIpc) is 3.09. The minimum absolute atomic E-state index is 0.162. The van der Waals surface area contributed by atoms with Gasteiger partial charge in [0.1, 0.15) is 17.2 Å². The zero-order chi connectivity index (χ0) is 24.0. The van der Waals surface area contributed by atoms with Crippen molar-refractivity contribution < 1.29 is 26.3 Å². The first-order valence-corrected chi connectivity index (χ1v) is 12.0. The van der Waals surface area contributed by atoms with Crippen LogP contribution in [0.5, 0.6) is 5.75 Å². The molecule has 0 saturated heterocycles. The normalized spacial score (nSPS) is 15.0. The summed E-state index contributed by atoms with van der Waals surface area (Å²) in [6, 6.07) is 9.27. The lowest BCUT2D eigenvalue weighted by atomic mass is 10.1. The van der Waals surface area contributed by atoms with Crippen molar-refractivity contribution in [2.45, 2.75) is 45.0 Å². The highest BCUT2D eigenvalue weighted by molar-refractivity contribution is 7.95. The van der Waals surface area contributed by atoms with Crippen molar-refractivity contribution in [3.05, 3.63) is 76.7 Å². The summed E-state index contributed by atoms with van der Waals surface area (Å²) in [5.74, 6) is 0.867. The van der Waals surface area contributed by atoms with E-state index in [4.69, 9.17) is 4.74 Å². The Morgan fingerprint density at radius 2 is 1.91 bits per heavy atom. The first-order chi connectivity index (χ1) is 15.5. The maximum absolute atomic E-state index is 13.4. The second kappa shape index (κ2) is 8.37. The Bertz CT molecular complexity index is 1380. The number of hydrogen-bond acceptors (Lipinski definition) is 4. The molecule has 174 valence electrons. The minimum Gasteiger partial charge on any atom is -0.458 e. The molecule has 4 rings (SSSR count). The number of pyridine rings is 1. The van der Waals surface area contributed by atoms with Crippen molar-refractivity contribution in [3.8, 4) is 17.0 Å². The molecule has 2 aromatic heterocycles. The fourth-order valence-electron chi connectivity index (χ4n) is 3.84. The third kappa shape index (κ3) is 4.42. The van der Waals surface area contributed by atoms with Gasteiger partial charge in [0, 0.05) is 16.7 Å². The van der Waals surface area contributed by atoms with Crippen LogP contribution >= 0.6 is 0 Å². The van der Waals surface area contributed by atoms with Gasteiger partial charge >= 0.3 is 6.18 Å². The molecule has 0 bridgehead atoms. The summed E-state index contributed by atoms with van der Waals surface area (Å²) in [5.41, 5.74) is 0.643. The Morgan fingerprint density at radius 3 is 2.61 bits per heavy atom. The van der Waals surface area contributed by atoms with Crippen LogP contribution in [0.1, 0.15) is 37.9 Å². The SMILES string of the molecule is Cc1nc2c(C(F)(F)F)cccn2c1-c1cccc(OC2=CCCC(S(=O)(=O)C(C)C)=C2)c1. The van der Waals surface area contributed by atoms with Gasteiger partial charge in [0.15, 0.2) is 9.84 Å². The molecule has 1 aliphatic rings. The van der Waals surface area contributed by atoms with Crippen molar-refractivity contribution in [2.24, 2.45) is 0 Å². The second-order valence-corrected chi connectivity index (χ2v) is 10.7. The quantitative estimate of drug-likeness (QED) is 0.447. The topological polar surface area (TPSA) is 60.7 Å². The molecule has 3 aromatic rings. The van der Waals surface area contributed by atoms with Gasteiger partial charge in [-0.2, -0.15) is 13.2 Å². The monoisotopic (exact) mass is 476 g/mol. The lowest BCUT2D eigenvalue weighted by molar-refractivity contribution is -0.136. The van der Waals surface area contributed by atoms with E-state index in [2.05, 4.69) is 4.98 Å². The fourth-order valence-corrected chi connectivity index (χ4v) is 5.13. The van der Waals surface area contributed by atoms with Crippen molar-refractivity contribution in [1.29, 1.82) is 0 Å². The van der Waals surface area contributed by atoms with Crippen LogP contribution in [0.3, 0.4) is 0 Å². The van der Waals surface area contributed by atoms with Crippen LogP contribution in [0.25, 0.3) is 16.9 Å². The van der Waals surface area contributed by atoms with Crippen molar-refractivity contribution in [2.75, 3.05) is 0 Å². The van der Waals surface area contributed by atoms with Crippen molar-refractivity contribution >= 4 is 15.5 Å². The van der Waals surface area contributed by atoms with Gasteiger partial charge in [-0.1, -0.05) is 12.1 Å². The van der Waals surface area contributed by atoms with Gasteiger partial charge in [-0.05, 0) is 70.0 Å². The molecule has 33 heavy (non-hydrogen) atoms. The third-order valence-corrected chi connectivity index (χ3v) is 7.79. The van der Waals surface area contributed by atoms with Gasteiger partial charge < -0.3 is 4.74 Å². The lowest BCUT2D eigenvalue weighted by Crippen LogP contribution is -2.17.